The van der Waals surface area contributed by atoms with Crippen molar-refractivity contribution in [2.45, 2.75) is 45.4 Å². The van der Waals surface area contributed by atoms with E-state index in [2.05, 4.69) is 5.32 Å². The Bertz CT molecular complexity index is 1090. The van der Waals surface area contributed by atoms with Crippen molar-refractivity contribution < 1.29 is 28.9 Å². The average Bonchev–Trinajstić information content (AvgIpc) is 2.79. The molecular formula is C27H29NO6. The molecule has 1 unspecified atom stereocenters. The van der Waals surface area contributed by atoms with E-state index >= 15 is 0 Å². The summed E-state index contributed by atoms with van der Waals surface area (Å²) in [5.74, 6) is 0.613. The second kappa shape index (κ2) is 11.2. The summed E-state index contributed by atoms with van der Waals surface area (Å²) in [7, 11) is 0. The smallest absolute Gasteiger partial charge is 0.408 e. The van der Waals surface area contributed by atoms with Crippen molar-refractivity contribution in [3.8, 4) is 17.2 Å². The first-order valence-corrected chi connectivity index (χ1v) is 10.9. The molecule has 1 atom stereocenters. The first kappa shape index (κ1) is 24.6. The van der Waals surface area contributed by atoms with Gasteiger partial charge >= 0.3 is 12.1 Å². The highest BCUT2D eigenvalue weighted by molar-refractivity contribution is 5.80. The van der Waals surface area contributed by atoms with Crippen LogP contribution in [0.15, 0.2) is 78.9 Å². The first-order valence-electron chi connectivity index (χ1n) is 10.9. The molecule has 178 valence electrons. The van der Waals surface area contributed by atoms with Gasteiger partial charge in [0.25, 0.3) is 0 Å². The summed E-state index contributed by atoms with van der Waals surface area (Å²) in [5.41, 5.74) is 0.977. The fourth-order valence-corrected chi connectivity index (χ4v) is 3.11. The number of hydrogen-bond acceptors (Lipinski definition) is 5. The Hall–Kier alpha value is -4.00. The molecule has 2 N–H and O–H groups in total. The zero-order valence-corrected chi connectivity index (χ0v) is 19.5. The maximum atomic E-state index is 12.1. The highest BCUT2D eigenvalue weighted by Gasteiger charge is 2.25. The maximum absolute atomic E-state index is 12.1. The van der Waals surface area contributed by atoms with Gasteiger partial charge in [0.15, 0.2) is 0 Å². The molecule has 0 heterocycles. The number of aliphatic carboxylic acids is 1. The molecule has 0 aliphatic rings. The molecule has 0 radical (unpaired) electrons. The number of amides is 1. The van der Waals surface area contributed by atoms with Crippen LogP contribution in [-0.4, -0.2) is 28.8 Å². The molecule has 3 aromatic carbocycles. The van der Waals surface area contributed by atoms with E-state index in [4.69, 9.17) is 14.2 Å². The molecule has 0 saturated heterocycles. The monoisotopic (exact) mass is 463 g/mol. The summed E-state index contributed by atoms with van der Waals surface area (Å²) in [5, 5.41) is 12.0. The summed E-state index contributed by atoms with van der Waals surface area (Å²) >= 11 is 0. The summed E-state index contributed by atoms with van der Waals surface area (Å²) in [6.45, 7) is 5.60. The molecular weight excluding hydrogens is 434 g/mol. The Labute approximate surface area is 199 Å². The molecule has 3 rings (SSSR count). The standard InChI is InChI=1S/C27H29NO6/c1-27(2,3)34-26(31)28-23(25(29)30)17-20-11-7-8-12-24(20)33-22-15-13-21(14-16-22)32-18-19-9-5-4-6-10-19/h4-16,23H,17-18H2,1-3H3,(H,28,31)(H,29,30). The molecule has 3 aromatic rings. The Morgan fingerprint density at radius 2 is 1.50 bits per heavy atom. The number of rotatable bonds is 9. The number of para-hydroxylation sites is 1. The first-order chi connectivity index (χ1) is 16.2. The molecule has 7 nitrogen and oxygen atoms in total. The topological polar surface area (TPSA) is 94.1 Å². The number of carboxylic acids is 1. The number of hydrogen-bond donors (Lipinski definition) is 2. The molecule has 0 fully saturated rings. The van der Waals surface area contributed by atoms with Gasteiger partial charge in [-0.15, -0.1) is 0 Å². The molecule has 0 bridgehead atoms. The van der Waals surface area contributed by atoms with E-state index in [1.54, 1.807) is 57.2 Å². The van der Waals surface area contributed by atoms with Crippen molar-refractivity contribution in [3.63, 3.8) is 0 Å². The van der Waals surface area contributed by atoms with Gasteiger partial charge < -0.3 is 24.6 Å². The third-order valence-corrected chi connectivity index (χ3v) is 4.69. The molecule has 7 heteroatoms. The number of carbonyl (C=O) groups is 2. The van der Waals surface area contributed by atoms with E-state index in [0.717, 1.165) is 5.56 Å². The average molecular weight is 464 g/mol. The van der Waals surface area contributed by atoms with Crippen molar-refractivity contribution in [1.82, 2.24) is 5.32 Å². The number of carbonyl (C=O) groups excluding carboxylic acids is 1. The normalized spacial score (nSPS) is 11.9. The van der Waals surface area contributed by atoms with Gasteiger partial charge in [-0.3, -0.25) is 0 Å². The molecule has 0 aromatic heterocycles. The summed E-state index contributed by atoms with van der Waals surface area (Å²) in [4.78, 5) is 23.8. The lowest BCUT2D eigenvalue weighted by Crippen LogP contribution is -2.44. The van der Waals surface area contributed by atoms with E-state index in [0.29, 0.717) is 29.4 Å². The summed E-state index contributed by atoms with van der Waals surface area (Å²) in [6, 6.07) is 23.0. The lowest BCUT2D eigenvalue weighted by Gasteiger charge is -2.22. The third kappa shape index (κ3) is 7.85. The minimum Gasteiger partial charge on any atom is -0.489 e. The van der Waals surface area contributed by atoms with E-state index in [1.807, 2.05) is 42.5 Å². The lowest BCUT2D eigenvalue weighted by molar-refractivity contribution is -0.139. The Morgan fingerprint density at radius 1 is 0.882 bits per heavy atom. The maximum Gasteiger partial charge on any atom is 0.408 e. The van der Waals surface area contributed by atoms with Crippen LogP contribution >= 0.6 is 0 Å². The van der Waals surface area contributed by atoms with Gasteiger partial charge in [0.05, 0.1) is 0 Å². The number of carboxylic acid groups (broad SMARTS) is 1. The largest absolute Gasteiger partial charge is 0.489 e. The Morgan fingerprint density at radius 3 is 2.15 bits per heavy atom. The molecule has 0 aliphatic carbocycles. The molecule has 0 aliphatic heterocycles. The number of alkyl carbamates (subject to hydrolysis) is 1. The summed E-state index contributed by atoms with van der Waals surface area (Å²) < 4.78 is 17.0. The van der Waals surface area contributed by atoms with Crippen LogP contribution in [0.3, 0.4) is 0 Å². The number of benzene rings is 3. The zero-order valence-electron chi connectivity index (χ0n) is 19.5. The highest BCUT2D eigenvalue weighted by atomic mass is 16.6. The predicted molar refractivity (Wildman–Crippen MR) is 128 cm³/mol. The second-order valence-corrected chi connectivity index (χ2v) is 8.70. The molecule has 0 spiro atoms. The minimum absolute atomic E-state index is 0.0308. The quantitative estimate of drug-likeness (QED) is 0.430. The SMILES string of the molecule is CC(C)(C)OC(=O)NC(Cc1ccccc1Oc1ccc(OCc2ccccc2)cc1)C(=O)O. The van der Waals surface area contributed by atoms with Gasteiger partial charge in [-0.25, -0.2) is 9.59 Å². The molecule has 34 heavy (non-hydrogen) atoms. The van der Waals surface area contributed by atoms with Crippen molar-refractivity contribution >= 4 is 12.1 Å². The van der Waals surface area contributed by atoms with Crippen LogP contribution in [0.25, 0.3) is 0 Å². The zero-order chi connectivity index (χ0) is 24.6. The van der Waals surface area contributed by atoms with Crippen LogP contribution in [0.1, 0.15) is 31.9 Å². The fourth-order valence-electron chi connectivity index (χ4n) is 3.11. The lowest BCUT2D eigenvalue weighted by atomic mass is 10.0. The molecule has 0 saturated carbocycles. The van der Waals surface area contributed by atoms with Gasteiger partial charge in [-0.2, -0.15) is 0 Å². The number of ether oxygens (including phenoxy) is 3. The number of nitrogens with one attached hydrogen (secondary N) is 1. The van der Waals surface area contributed by atoms with Crippen molar-refractivity contribution in [2.24, 2.45) is 0 Å². The van der Waals surface area contributed by atoms with Gasteiger partial charge in [0.2, 0.25) is 0 Å². The minimum atomic E-state index is -1.17. The van der Waals surface area contributed by atoms with Gasteiger partial charge in [-0.1, -0.05) is 48.5 Å². The fraction of sp³-hybridized carbons (Fsp3) is 0.259. The van der Waals surface area contributed by atoms with Gasteiger partial charge in [0.1, 0.15) is 35.5 Å². The van der Waals surface area contributed by atoms with E-state index < -0.39 is 23.7 Å². The third-order valence-electron chi connectivity index (χ3n) is 4.69. The van der Waals surface area contributed by atoms with Crippen LogP contribution in [0.2, 0.25) is 0 Å². The van der Waals surface area contributed by atoms with Crippen LogP contribution in [0, 0.1) is 0 Å². The predicted octanol–water partition coefficient (Wildman–Crippen LogP) is 5.58. The van der Waals surface area contributed by atoms with Crippen molar-refractivity contribution in [1.29, 1.82) is 0 Å². The highest BCUT2D eigenvalue weighted by Crippen LogP contribution is 2.28. The second-order valence-electron chi connectivity index (χ2n) is 8.70. The van der Waals surface area contributed by atoms with E-state index in [1.165, 1.54) is 0 Å². The van der Waals surface area contributed by atoms with Crippen LogP contribution in [0.4, 0.5) is 4.79 Å². The van der Waals surface area contributed by atoms with Crippen molar-refractivity contribution in [3.05, 3.63) is 90.0 Å². The van der Waals surface area contributed by atoms with Crippen LogP contribution < -0.4 is 14.8 Å². The molecule has 1 amide bonds. The van der Waals surface area contributed by atoms with Crippen molar-refractivity contribution in [2.75, 3.05) is 0 Å². The summed E-state index contributed by atoms with van der Waals surface area (Å²) in [6.07, 6.45) is -0.757. The van der Waals surface area contributed by atoms with Gasteiger partial charge in [0, 0.05) is 6.42 Å². The Balaban J connectivity index is 1.65. The van der Waals surface area contributed by atoms with Crippen LogP contribution in [0.5, 0.6) is 17.2 Å². The van der Waals surface area contributed by atoms with Gasteiger partial charge in [-0.05, 0) is 62.2 Å². The van der Waals surface area contributed by atoms with E-state index in [9.17, 15) is 14.7 Å². The Kier molecular flexibility index (Phi) is 8.14. The van der Waals surface area contributed by atoms with E-state index in [-0.39, 0.29) is 6.42 Å². The van der Waals surface area contributed by atoms with Crippen LogP contribution in [-0.2, 0) is 22.6 Å².